The van der Waals surface area contributed by atoms with Gasteiger partial charge in [-0.1, -0.05) is 25.2 Å². The van der Waals surface area contributed by atoms with E-state index in [1.807, 2.05) is 0 Å². The number of aliphatic hydroxyl groups excluding tert-OH is 1. The predicted octanol–water partition coefficient (Wildman–Crippen LogP) is 3.38. The standard InChI is InChI=1S/C19H26O3/c1-4-18-9-7-14-17(3)8-5-6-12(2)13(17)10-15(20)19(14,11-18)22-16(18)21/h4,13-15,20H,1-2,5-11H2,3H3/t13-,14+,15-,17-,18+,19+/m0/s1. The quantitative estimate of drug-likeness (QED) is 0.596. The zero-order valence-corrected chi connectivity index (χ0v) is 13.4. The molecule has 3 nitrogen and oxygen atoms in total. The van der Waals surface area contributed by atoms with E-state index in [2.05, 4.69) is 20.1 Å². The Balaban J connectivity index is 1.80. The van der Waals surface area contributed by atoms with Crippen LogP contribution < -0.4 is 0 Å². The normalized spacial score (nSPS) is 53.5. The van der Waals surface area contributed by atoms with Gasteiger partial charge in [0, 0.05) is 12.3 Å². The highest BCUT2D eigenvalue weighted by molar-refractivity contribution is 5.82. The molecule has 4 fully saturated rings. The number of carbonyl (C=O) groups excluding carboxylic acids is 1. The van der Waals surface area contributed by atoms with Crippen molar-refractivity contribution in [3.05, 3.63) is 24.8 Å². The topological polar surface area (TPSA) is 46.5 Å². The predicted molar refractivity (Wildman–Crippen MR) is 84.0 cm³/mol. The van der Waals surface area contributed by atoms with Gasteiger partial charge >= 0.3 is 5.97 Å². The van der Waals surface area contributed by atoms with Crippen LogP contribution in [0.2, 0.25) is 0 Å². The molecule has 22 heavy (non-hydrogen) atoms. The van der Waals surface area contributed by atoms with Gasteiger partial charge in [-0.05, 0) is 49.9 Å². The van der Waals surface area contributed by atoms with Crippen LogP contribution in [0.25, 0.3) is 0 Å². The molecule has 1 saturated heterocycles. The van der Waals surface area contributed by atoms with E-state index in [1.165, 1.54) is 5.57 Å². The van der Waals surface area contributed by atoms with Crippen LogP contribution in [0.1, 0.15) is 51.9 Å². The van der Waals surface area contributed by atoms with E-state index in [0.717, 1.165) is 32.1 Å². The highest BCUT2D eigenvalue weighted by Gasteiger charge is 2.71. The molecule has 4 aliphatic rings. The van der Waals surface area contributed by atoms with Crippen molar-refractivity contribution in [2.45, 2.75) is 63.6 Å². The maximum atomic E-state index is 12.5. The summed E-state index contributed by atoms with van der Waals surface area (Å²) in [6.07, 6.45) is 7.62. The molecule has 0 unspecified atom stereocenters. The van der Waals surface area contributed by atoms with E-state index in [4.69, 9.17) is 4.74 Å². The zero-order chi connectivity index (χ0) is 15.8. The maximum absolute atomic E-state index is 12.5. The fourth-order valence-electron chi connectivity index (χ4n) is 6.26. The van der Waals surface area contributed by atoms with E-state index in [-0.39, 0.29) is 17.3 Å². The number of fused-ring (bicyclic) bond motifs is 3. The monoisotopic (exact) mass is 302 g/mol. The lowest BCUT2D eigenvalue weighted by Gasteiger charge is -2.60. The van der Waals surface area contributed by atoms with E-state index in [9.17, 15) is 9.90 Å². The number of carbonyl (C=O) groups is 1. The van der Waals surface area contributed by atoms with E-state index in [0.29, 0.717) is 18.8 Å². The Labute approximate surface area is 132 Å². The molecule has 4 rings (SSSR count). The van der Waals surface area contributed by atoms with Crippen molar-refractivity contribution < 1.29 is 14.6 Å². The molecule has 6 atom stereocenters. The first-order valence-electron chi connectivity index (χ1n) is 8.61. The summed E-state index contributed by atoms with van der Waals surface area (Å²) in [7, 11) is 0. The Morgan fingerprint density at radius 2 is 2.18 bits per heavy atom. The minimum Gasteiger partial charge on any atom is -0.455 e. The molecule has 3 saturated carbocycles. The van der Waals surface area contributed by atoms with Gasteiger partial charge in [-0.15, -0.1) is 6.58 Å². The summed E-state index contributed by atoms with van der Waals surface area (Å²) in [5, 5.41) is 10.9. The molecule has 0 radical (unpaired) electrons. The van der Waals surface area contributed by atoms with Gasteiger partial charge in [0.05, 0.1) is 11.5 Å². The van der Waals surface area contributed by atoms with Crippen LogP contribution in [-0.2, 0) is 9.53 Å². The first-order chi connectivity index (χ1) is 10.4. The molecule has 3 heteroatoms. The third-order valence-corrected chi connectivity index (χ3v) is 7.46. The Kier molecular flexibility index (Phi) is 2.80. The second-order valence-corrected chi connectivity index (χ2v) is 8.29. The average molecular weight is 302 g/mol. The molecule has 0 aromatic rings. The third kappa shape index (κ3) is 1.49. The highest BCUT2D eigenvalue weighted by Crippen LogP contribution is 2.67. The van der Waals surface area contributed by atoms with E-state index < -0.39 is 17.1 Å². The fourth-order valence-corrected chi connectivity index (χ4v) is 6.26. The van der Waals surface area contributed by atoms with Crippen molar-refractivity contribution in [3.63, 3.8) is 0 Å². The van der Waals surface area contributed by atoms with Crippen molar-refractivity contribution in [3.8, 4) is 0 Å². The van der Waals surface area contributed by atoms with Crippen LogP contribution in [-0.4, -0.2) is 22.8 Å². The summed E-state index contributed by atoms with van der Waals surface area (Å²) in [6.45, 7) is 10.5. The van der Waals surface area contributed by atoms with Crippen LogP contribution in [0.15, 0.2) is 24.8 Å². The van der Waals surface area contributed by atoms with Gasteiger partial charge in [0.2, 0.25) is 0 Å². The molecular formula is C19H26O3. The molecule has 3 aliphatic carbocycles. The fraction of sp³-hybridized carbons (Fsp3) is 0.737. The van der Waals surface area contributed by atoms with Gasteiger partial charge in [0.1, 0.15) is 5.60 Å². The summed E-state index contributed by atoms with van der Waals surface area (Å²) in [5.41, 5.74) is 0.137. The summed E-state index contributed by atoms with van der Waals surface area (Å²) in [4.78, 5) is 12.5. The van der Waals surface area contributed by atoms with Gasteiger partial charge < -0.3 is 9.84 Å². The van der Waals surface area contributed by atoms with Gasteiger partial charge in [-0.2, -0.15) is 0 Å². The number of hydrogen-bond donors (Lipinski definition) is 1. The van der Waals surface area contributed by atoms with Gasteiger partial charge in [0.15, 0.2) is 0 Å². The Morgan fingerprint density at radius 3 is 2.91 bits per heavy atom. The number of allylic oxidation sites excluding steroid dienone is 1. The summed E-state index contributed by atoms with van der Waals surface area (Å²) in [5.74, 6) is 0.438. The minimum atomic E-state index is -0.688. The Morgan fingerprint density at radius 1 is 1.41 bits per heavy atom. The summed E-state index contributed by atoms with van der Waals surface area (Å²) >= 11 is 0. The van der Waals surface area contributed by atoms with Crippen LogP contribution >= 0.6 is 0 Å². The van der Waals surface area contributed by atoms with Crippen LogP contribution in [0.3, 0.4) is 0 Å². The average Bonchev–Trinajstić information content (AvgIpc) is 2.70. The number of ether oxygens (including phenoxy) is 1. The first-order valence-corrected chi connectivity index (χ1v) is 8.61. The van der Waals surface area contributed by atoms with Crippen LogP contribution in [0, 0.1) is 22.7 Å². The molecule has 0 amide bonds. The van der Waals surface area contributed by atoms with Crippen molar-refractivity contribution in [1.82, 2.24) is 0 Å². The number of rotatable bonds is 1. The number of hydrogen-bond acceptors (Lipinski definition) is 3. The smallest absolute Gasteiger partial charge is 0.316 e. The van der Waals surface area contributed by atoms with Crippen LogP contribution in [0.4, 0.5) is 0 Å². The molecular weight excluding hydrogens is 276 g/mol. The molecule has 2 bridgehead atoms. The first kappa shape index (κ1) is 14.5. The van der Waals surface area contributed by atoms with Crippen molar-refractivity contribution in [2.75, 3.05) is 0 Å². The van der Waals surface area contributed by atoms with Gasteiger partial charge in [-0.25, -0.2) is 0 Å². The lowest BCUT2D eigenvalue weighted by molar-refractivity contribution is -0.209. The largest absolute Gasteiger partial charge is 0.455 e. The van der Waals surface area contributed by atoms with Crippen molar-refractivity contribution >= 4 is 5.97 Å². The highest BCUT2D eigenvalue weighted by atomic mass is 16.6. The Bertz CT molecular complexity index is 567. The third-order valence-electron chi connectivity index (χ3n) is 7.46. The molecule has 120 valence electrons. The van der Waals surface area contributed by atoms with Gasteiger partial charge in [-0.3, -0.25) is 4.79 Å². The maximum Gasteiger partial charge on any atom is 0.316 e. The minimum absolute atomic E-state index is 0.104. The summed E-state index contributed by atoms with van der Waals surface area (Å²) in [6, 6.07) is 0. The van der Waals surface area contributed by atoms with Crippen LogP contribution in [0.5, 0.6) is 0 Å². The van der Waals surface area contributed by atoms with Gasteiger partial charge in [0.25, 0.3) is 0 Å². The molecule has 0 aromatic carbocycles. The Hall–Kier alpha value is -1.09. The molecule has 1 aliphatic heterocycles. The summed E-state index contributed by atoms with van der Waals surface area (Å²) < 4.78 is 5.94. The molecule has 1 N–H and O–H groups in total. The van der Waals surface area contributed by atoms with E-state index in [1.54, 1.807) is 6.08 Å². The SMILES string of the molecule is C=C[C@@]12CC[C@@H]3[C@@]4(C)CCCC(=C)[C@@H]4C[C@H](O)[C@]3(C1)OC2=O. The zero-order valence-electron chi connectivity index (χ0n) is 13.4. The molecule has 0 aromatic heterocycles. The lowest BCUT2D eigenvalue weighted by Crippen LogP contribution is -2.63. The molecule has 1 spiro atoms. The van der Waals surface area contributed by atoms with Crippen molar-refractivity contribution in [1.29, 1.82) is 0 Å². The second-order valence-electron chi connectivity index (χ2n) is 8.29. The van der Waals surface area contributed by atoms with E-state index >= 15 is 0 Å². The lowest BCUT2D eigenvalue weighted by atomic mass is 9.45. The van der Waals surface area contributed by atoms with Crippen molar-refractivity contribution in [2.24, 2.45) is 22.7 Å². The molecule has 1 heterocycles. The number of aliphatic hydroxyl groups is 1. The second kappa shape index (κ2) is 4.25. The number of esters is 1.